The molecule has 5 nitrogen and oxygen atoms in total. The molecule has 0 bridgehead atoms. The second-order valence-electron chi connectivity index (χ2n) is 4.40. The van der Waals surface area contributed by atoms with E-state index in [9.17, 15) is 19.8 Å². The van der Waals surface area contributed by atoms with Gasteiger partial charge in [-0.2, -0.15) is 0 Å². The maximum absolute atomic E-state index is 11.4. The summed E-state index contributed by atoms with van der Waals surface area (Å²) >= 11 is 1.06. The highest BCUT2D eigenvalue weighted by Gasteiger charge is 2.64. The van der Waals surface area contributed by atoms with Crippen LogP contribution in [0.2, 0.25) is 0 Å². The summed E-state index contributed by atoms with van der Waals surface area (Å²) in [6.45, 7) is 4.93. The first kappa shape index (κ1) is 13.3. The maximum atomic E-state index is 11.4. The normalized spacial score (nSPS) is 43.2. The van der Waals surface area contributed by atoms with E-state index in [1.54, 1.807) is 13.8 Å². The molecule has 0 amide bonds. The van der Waals surface area contributed by atoms with Crippen LogP contribution in [0.1, 0.15) is 27.2 Å². The van der Waals surface area contributed by atoms with Gasteiger partial charge in [-0.25, -0.2) is 0 Å². The molecule has 4 N–H and O–H groups in total. The fourth-order valence-electron chi connectivity index (χ4n) is 2.27. The van der Waals surface area contributed by atoms with Gasteiger partial charge in [0.2, 0.25) is 0 Å². The van der Waals surface area contributed by atoms with Gasteiger partial charge in [0.25, 0.3) is 0 Å². The second-order valence-corrected chi connectivity index (χ2v) is 5.87. The zero-order valence-electron chi connectivity index (χ0n) is 9.56. The Hall–Kier alpha value is -0.750. The predicted octanol–water partition coefficient (Wildman–Crippen LogP) is 0.978. The summed E-state index contributed by atoms with van der Waals surface area (Å²) in [7, 11) is 0. The van der Waals surface area contributed by atoms with E-state index >= 15 is 0 Å². The molecule has 0 aliphatic carbocycles. The Labute approximate surface area is 98.4 Å². The van der Waals surface area contributed by atoms with E-state index in [1.165, 1.54) is 6.92 Å². The fourth-order valence-corrected chi connectivity index (χ4v) is 3.98. The van der Waals surface area contributed by atoms with Crippen LogP contribution < -0.4 is 5.73 Å². The van der Waals surface area contributed by atoms with Crippen molar-refractivity contribution in [1.29, 1.82) is 0 Å². The van der Waals surface area contributed by atoms with Crippen molar-refractivity contribution in [2.24, 2.45) is 17.1 Å². The summed E-state index contributed by atoms with van der Waals surface area (Å²) in [6.07, 6.45) is 0.366. The molecule has 16 heavy (non-hydrogen) atoms. The number of carbonyl (C=O) groups is 2. The predicted molar refractivity (Wildman–Crippen MR) is 61.1 cm³/mol. The average Bonchev–Trinajstić information content (AvgIpc) is 2.41. The van der Waals surface area contributed by atoms with Crippen LogP contribution in [0.25, 0.3) is 0 Å². The first-order valence-electron chi connectivity index (χ1n) is 5.13. The van der Waals surface area contributed by atoms with Gasteiger partial charge in [-0.05, 0) is 19.3 Å². The summed E-state index contributed by atoms with van der Waals surface area (Å²) in [4.78, 5) is 22.6. The Morgan fingerprint density at radius 3 is 2.06 bits per heavy atom. The van der Waals surface area contributed by atoms with Crippen LogP contribution in [0.4, 0.5) is 0 Å². The molecule has 92 valence electrons. The fraction of sp³-hybridized carbons (Fsp3) is 0.800. The molecule has 0 spiro atoms. The standard InChI is InChI=1S/C10H17NO4S/c1-4-10(8(14)15)5(2)9(3,7(12)13)6(11)16-10/h5-6H,4,11H2,1-3H3,(H,12,13)(H,14,15)/t5-,6+,9+,10-/m0/s1. The van der Waals surface area contributed by atoms with Crippen molar-refractivity contribution in [2.45, 2.75) is 37.3 Å². The third kappa shape index (κ3) is 1.43. The van der Waals surface area contributed by atoms with Crippen LogP contribution in [0.15, 0.2) is 0 Å². The largest absolute Gasteiger partial charge is 0.481 e. The molecule has 1 fully saturated rings. The smallest absolute Gasteiger partial charge is 0.320 e. The molecule has 1 aliphatic rings. The Bertz CT molecular complexity index is 335. The Morgan fingerprint density at radius 2 is 1.88 bits per heavy atom. The molecule has 0 unspecified atom stereocenters. The lowest BCUT2D eigenvalue weighted by Gasteiger charge is -2.32. The molecule has 0 aromatic carbocycles. The summed E-state index contributed by atoms with van der Waals surface area (Å²) in [5.41, 5.74) is 4.62. The minimum atomic E-state index is -1.20. The van der Waals surface area contributed by atoms with E-state index in [0.717, 1.165) is 11.8 Å². The molecule has 0 aromatic heterocycles. The highest BCUT2D eigenvalue weighted by atomic mass is 32.2. The van der Waals surface area contributed by atoms with E-state index in [2.05, 4.69) is 0 Å². The van der Waals surface area contributed by atoms with Crippen molar-refractivity contribution in [1.82, 2.24) is 0 Å². The first-order valence-corrected chi connectivity index (χ1v) is 6.01. The summed E-state index contributed by atoms with van der Waals surface area (Å²) in [6, 6.07) is 0. The number of hydrogen-bond donors (Lipinski definition) is 3. The van der Waals surface area contributed by atoms with Gasteiger partial charge in [0.1, 0.15) is 4.75 Å². The van der Waals surface area contributed by atoms with Crippen molar-refractivity contribution in [3.63, 3.8) is 0 Å². The number of nitrogens with two attached hydrogens (primary N) is 1. The highest BCUT2D eigenvalue weighted by molar-refractivity contribution is 8.02. The monoisotopic (exact) mass is 247 g/mol. The number of carboxylic acids is 2. The lowest BCUT2D eigenvalue weighted by Crippen LogP contribution is -2.48. The third-order valence-electron chi connectivity index (χ3n) is 3.88. The van der Waals surface area contributed by atoms with Gasteiger partial charge in [0.15, 0.2) is 0 Å². The zero-order chi connectivity index (χ0) is 12.7. The quantitative estimate of drug-likeness (QED) is 0.687. The topological polar surface area (TPSA) is 101 Å². The van der Waals surface area contributed by atoms with Crippen molar-refractivity contribution in [3.05, 3.63) is 0 Å². The minimum Gasteiger partial charge on any atom is -0.481 e. The third-order valence-corrected chi connectivity index (χ3v) is 5.86. The van der Waals surface area contributed by atoms with Gasteiger partial charge in [-0.15, -0.1) is 11.8 Å². The van der Waals surface area contributed by atoms with Gasteiger partial charge in [0, 0.05) is 0 Å². The molecule has 1 rings (SSSR count). The van der Waals surface area contributed by atoms with Gasteiger partial charge >= 0.3 is 11.9 Å². The van der Waals surface area contributed by atoms with Gasteiger partial charge in [-0.1, -0.05) is 13.8 Å². The van der Waals surface area contributed by atoms with E-state index in [4.69, 9.17) is 5.73 Å². The van der Waals surface area contributed by atoms with Gasteiger partial charge in [-0.3, -0.25) is 9.59 Å². The van der Waals surface area contributed by atoms with Crippen LogP contribution in [0.3, 0.4) is 0 Å². The Balaban J connectivity index is 3.25. The van der Waals surface area contributed by atoms with Crippen molar-refractivity contribution in [2.75, 3.05) is 0 Å². The summed E-state index contributed by atoms with van der Waals surface area (Å²) < 4.78 is -1.09. The zero-order valence-corrected chi connectivity index (χ0v) is 10.4. The Kier molecular flexibility index (Phi) is 3.27. The van der Waals surface area contributed by atoms with E-state index < -0.39 is 33.4 Å². The van der Waals surface area contributed by atoms with Crippen molar-refractivity contribution in [3.8, 4) is 0 Å². The summed E-state index contributed by atoms with van der Waals surface area (Å²) in [5.74, 6) is -2.52. The lowest BCUT2D eigenvalue weighted by molar-refractivity contribution is -0.153. The van der Waals surface area contributed by atoms with Gasteiger partial charge in [0.05, 0.1) is 10.8 Å². The molecule has 0 radical (unpaired) electrons. The van der Waals surface area contributed by atoms with E-state index in [1.807, 2.05) is 0 Å². The number of hydrogen-bond acceptors (Lipinski definition) is 4. The molecule has 1 heterocycles. The average molecular weight is 247 g/mol. The maximum Gasteiger partial charge on any atom is 0.320 e. The van der Waals surface area contributed by atoms with Crippen LogP contribution in [0, 0.1) is 11.3 Å². The molecule has 0 aromatic rings. The number of aliphatic carboxylic acids is 2. The lowest BCUT2D eigenvalue weighted by atomic mass is 9.70. The molecular weight excluding hydrogens is 230 g/mol. The second kappa shape index (κ2) is 3.92. The van der Waals surface area contributed by atoms with Crippen LogP contribution in [-0.2, 0) is 9.59 Å². The van der Waals surface area contributed by atoms with Crippen molar-refractivity contribution >= 4 is 23.7 Å². The van der Waals surface area contributed by atoms with E-state index in [0.29, 0.717) is 6.42 Å². The van der Waals surface area contributed by atoms with E-state index in [-0.39, 0.29) is 0 Å². The van der Waals surface area contributed by atoms with Crippen LogP contribution in [0.5, 0.6) is 0 Å². The molecule has 1 saturated heterocycles. The molecule has 1 aliphatic heterocycles. The van der Waals surface area contributed by atoms with Crippen molar-refractivity contribution < 1.29 is 19.8 Å². The molecule has 0 saturated carbocycles. The highest BCUT2D eigenvalue weighted by Crippen LogP contribution is 2.57. The Morgan fingerprint density at radius 1 is 1.38 bits per heavy atom. The van der Waals surface area contributed by atoms with Gasteiger partial charge < -0.3 is 15.9 Å². The van der Waals surface area contributed by atoms with Crippen LogP contribution >= 0.6 is 11.8 Å². The molecular formula is C10H17NO4S. The molecule has 4 atom stereocenters. The minimum absolute atomic E-state index is 0.366. The summed E-state index contributed by atoms with van der Waals surface area (Å²) in [5, 5.41) is 17.8. The first-order chi connectivity index (χ1) is 7.23. The van der Waals surface area contributed by atoms with Crippen LogP contribution in [-0.4, -0.2) is 32.3 Å². The number of thioether (sulfide) groups is 1. The number of rotatable bonds is 3. The SMILES string of the molecule is CC[C@]1(C(=O)O)S[C@@H](N)[C@](C)(C(=O)O)[C@@H]1C. The number of carboxylic acid groups (broad SMARTS) is 2. The molecule has 6 heteroatoms.